The van der Waals surface area contributed by atoms with Crippen LogP contribution in [0.4, 0.5) is 18.9 Å². The molecule has 0 spiro atoms. The quantitative estimate of drug-likeness (QED) is 0.869. The maximum Gasteiger partial charge on any atom is 0.416 e. The van der Waals surface area contributed by atoms with Crippen LogP contribution in [0.2, 0.25) is 0 Å². The van der Waals surface area contributed by atoms with Gasteiger partial charge in [-0.1, -0.05) is 0 Å². The third-order valence-corrected chi connectivity index (χ3v) is 2.75. The number of benzene rings is 1. The van der Waals surface area contributed by atoms with Gasteiger partial charge < -0.3 is 15.8 Å². The molecule has 5 nitrogen and oxygen atoms in total. The zero-order valence-electron chi connectivity index (χ0n) is 11.2. The highest BCUT2D eigenvalue weighted by molar-refractivity contribution is 5.92. The van der Waals surface area contributed by atoms with Crippen molar-refractivity contribution in [3.63, 3.8) is 0 Å². The van der Waals surface area contributed by atoms with Gasteiger partial charge in [-0.25, -0.2) is 0 Å². The summed E-state index contributed by atoms with van der Waals surface area (Å²) in [6.07, 6.45) is -5.10. The third kappa shape index (κ3) is 4.73. The molecular formula is C13H14F3N3O2. The lowest BCUT2D eigenvalue weighted by Crippen LogP contribution is -2.28. The second kappa shape index (κ2) is 7.06. The predicted octanol–water partition coefficient (Wildman–Crippen LogP) is 1.88. The van der Waals surface area contributed by atoms with E-state index in [1.165, 1.54) is 7.11 Å². The number of nitrogens with two attached hydrogens (primary N) is 1. The molecule has 1 aromatic carbocycles. The van der Waals surface area contributed by atoms with Crippen molar-refractivity contribution in [1.29, 1.82) is 5.26 Å². The first-order chi connectivity index (χ1) is 9.81. The van der Waals surface area contributed by atoms with Crippen LogP contribution >= 0.6 is 0 Å². The molecule has 0 aliphatic rings. The lowest BCUT2D eigenvalue weighted by atomic mass is 10.1. The van der Waals surface area contributed by atoms with E-state index in [0.29, 0.717) is 6.07 Å². The molecule has 0 heterocycles. The van der Waals surface area contributed by atoms with Crippen LogP contribution in [-0.4, -0.2) is 25.7 Å². The van der Waals surface area contributed by atoms with Gasteiger partial charge in [-0.05, 0) is 18.2 Å². The van der Waals surface area contributed by atoms with Crippen LogP contribution in [0.25, 0.3) is 0 Å². The van der Waals surface area contributed by atoms with E-state index in [1.807, 2.05) is 0 Å². The molecule has 0 fully saturated rings. The van der Waals surface area contributed by atoms with Crippen molar-refractivity contribution in [2.24, 2.45) is 5.73 Å². The number of alkyl halides is 3. The number of carbonyl (C=O) groups excluding carboxylic acids is 1. The van der Waals surface area contributed by atoms with Crippen LogP contribution in [0.3, 0.4) is 0 Å². The molecule has 0 bridgehead atoms. The number of nitrogens with zero attached hydrogens (tertiary/aromatic N) is 1. The highest BCUT2D eigenvalue weighted by Gasteiger charge is 2.31. The van der Waals surface area contributed by atoms with E-state index in [9.17, 15) is 18.0 Å². The zero-order chi connectivity index (χ0) is 16.0. The number of nitriles is 1. The lowest BCUT2D eigenvalue weighted by molar-refractivity contribution is -0.137. The minimum Gasteiger partial charge on any atom is -0.380 e. The first-order valence-electron chi connectivity index (χ1n) is 5.95. The van der Waals surface area contributed by atoms with Gasteiger partial charge in [0.05, 0.1) is 29.3 Å². The van der Waals surface area contributed by atoms with Gasteiger partial charge in [-0.3, -0.25) is 4.79 Å². The Morgan fingerprint density at radius 3 is 2.67 bits per heavy atom. The first kappa shape index (κ1) is 16.9. The number of ether oxygens (including phenoxy) is 1. The second-order valence-electron chi connectivity index (χ2n) is 4.22. The van der Waals surface area contributed by atoms with Crippen LogP contribution in [0, 0.1) is 11.3 Å². The zero-order valence-corrected chi connectivity index (χ0v) is 11.2. The van der Waals surface area contributed by atoms with E-state index in [1.54, 1.807) is 6.07 Å². The molecule has 0 saturated heterocycles. The number of methoxy groups -OCH3 is 1. The number of amides is 1. The standard InChI is InChI=1S/C13H14F3N3O2/c1-21-10(7-18)5-12(20)19-11-3-2-9(13(14,15)16)4-8(11)6-17/h2-4,10H,5,7,18H2,1H3,(H,19,20). The van der Waals surface area contributed by atoms with Gasteiger partial charge in [-0.15, -0.1) is 0 Å². The van der Waals surface area contributed by atoms with Crippen molar-refractivity contribution >= 4 is 11.6 Å². The molecule has 1 atom stereocenters. The van der Waals surface area contributed by atoms with Crippen molar-refractivity contribution in [3.05, 3.63) is 29.3 Å². The number of hydrogen-bond donors (Lipinski definition) is 2. The molecule has 1 rings (SSSR count). The summed E-state index contributed by atoms with van der Waals surface area (Å²) in [5.74, 6) is -0.497. The fraction of sp³-hybridized carbons (Fsp3) is 0.385. The molecule has 0 radical (unpaired) electrons. The van der Waals surface area contributed by atoms with Gasteiger partial charge in [0.25, 0.3) is 0 Å². The molecule has 0 aliphatic carbocycles. The Kier molecular flexibility index (Phi) is 5.69. The Labute approximate surface area is 119 Å². The lowest BCUT2D eigenvalue weighted by Gasteiger charge is -2.14. The van der Waals surface area contributed by atoms with Crippen LogP contribution in [0.1, 0.15) is 17.5 Å². The predicted molar refractivity (Wildman–Crippen MR) is 69.3 cm³/mol. The normalized spacial score (nSPS) is 12.6. The molecule has 0 saturated carbocycles. The van der Waals surface area contributed by atoms with E-state index in [-0.39, 0.29) is 24.2 Å². The number of anilines is 1. The summed E-state index contributed by atoms with van der Waals surface area (Å²) in [4.78, 5) is 11.7. The summed E-state index contributed by atoms with van der Waals surface area (Å²) in [7, 11) is 1.39. The Hall–Kier alpha value is -2.11. The Morgan fingerprint density at radius 1 is 1.52 bits per heavy atom. The van der Waals surface area contributed by atoms with E-state index in [4.69, 9.17) is 15.7 Å². The SMILES string of the molecule is COC(CN)CC(=O)Nc1ccc(C(F)(F)F)cc1C#N. The summed E-state index contributed by atoms with van der Waals surface area (Å²) >= 11 is 0. The first-order valence-corrected chi connectivity index (χ1v) is 5.95. The molecule has 21 heavy (non-hydrogen) atoms. The molecule has 114 valence electrons. The van der Waals surface area contributed by atoms with Crippen molar-refractivity contribution in [1.82, 2.24) is 0 Å². The van der Waals surface area contributed by atoms with Crippen LogP contribution < -0.4 is 11.1 Å². The van der Waals surface area contributed by atoms with E-state index >= 15 is 0 Å². The third-order valence-electron chi connectivity index (χ3n) is 2.75. The molecule has 0 aromatic heterocycles. The summed E-state index contributed by atoms with van der Waals surface area (Å²) in [6, 6.07) is 4.15. The average molecular weight is 301 g/mol. The van der Waals surface area contributed by atoms with Crippen LogP contribution in [0.15, 0.2) is 18.2 Å². The highest BCUT2D eigenvalue weighted by Crippen LogP contribution is 2.31. The van der Waals surface area contributed by atoms with Crippen LogP contribution in [0.5, 0.6) is 0 Å². The highest BCUT2D eigenvalue weighted by atomic mass is 19.4. The fourth-order valence-corrected chi connectivity index (χ4v) is 1.59. The number of rotatable bonds is 5. The summed E-state index contributed by atoms with van der Waals surface area (Å²) < 4.78 is 42.5. The van der Waals surface area contributed by atoms with Gasteiger partial charge in [0, 0.05) is 13.7 Å². The monoisotopic (exact) mass is 301 g/mol. The summed E-state index contributed by atoms with van der Waals surface area (Å²) in [6.45, 7) is 0.127. The molecule has 1 amide bonds. The van der Waals surface area contributed by atoms with Gasteiger partial charge in [0.2, 0.25) is 5.91 Å². The second-order valence-corrected chi connectivity index (χ2v) is 4.22. The minimum absolute atomic E-state index is 0.0161. The molecular weight excluding hydrogens is 287 g/mol. The largest absolute Gasteiger partial charge is 0.416 e. The summed E-state index contributed by atoms with van der Waals surface area (Å²) in [5, 5.41) is 11.3. The minimum atomic E-state index is -4.55. The molecule has 3 N–H and O–H groups in total. The van der Waals surface area contributed by atoms with Gasteiger partial charge in [0.1, 0.15) is 6.07 Å². The number of hydrogen-bond acceptors (Lipinski definition) is 4. The van der Waals surface area contributed by atoms with Gasteiger partial charge >= 0.3 is 6.18 Å². The molecule has 8 heteroatoms. The van der Waals surface area contributed by atoms with Gasteiger partial charge in [0.15, 0.2) is 0 Å². The summed E-state index contributed by atoms with van der Waals surface area (Å²) in [5.41, 5.74) is 4.17. The molecule has 1 unspecified atom stereocenters. The number of carbonyl (C=O) groups is 1. The maximum atomic E-state index is 12.5. The van der Waals surface area contributed by atoms with E-state index in [0.717, 1.165) is 12.1 Å². The topological polar surface area (TPSA) is 88.1 Å². The Balaban J connectivity index is 2.90. The van der Waals surface area contributed by atoms with Crippen LogP contribution in [-0.2, 0) is 15.7 Å². The number of halogens is 3. The smallest absolute Gasteiger partial charge is 0.380 e. The fourth-order valence-electron chi connectivity index (χ4n) is 1.59. The van der Waals surface area contributed by atoms with Crippen molar-refractivity contribution in [2.75, 3.05) is 19.0 Å². The Bertz CT molecular complexity index is 549. The molecule has 1 aromatic rings. The number of nitrogens with one attached hydrogen (secondary N) is 1. The maximum absolute atomic E-state index is 12.5. The van der Waals surface area contributed by atoms with Crippen molar-refractivity contribution in [2.45, 2.75) is 18.7 Å². The van der Waals surface area contributed by atoms with E-state index in [2.05, 4.69) is 5.32 Å². The molecule has 0 aliphatic heterocycles. The Morgan fingerprint density at radius 2 is 2.19 bits per heavy atom. The van der Waals surface area contributed by atoms with E-state index < -0.39 is 23.8 Å². The van der Waals surface area contributed by atoms with Crippen molar-refractivity contribution < 1.29 is 22.7 Å². The van der Waals surface area contributed by atoms with Gasteiger partial charge in [-0.2, -0.15) is 18.4 Å². The average Bonchev–Trinajstić information content (AvgIpc) is 2.43. The van der Waals surface area contributed by atoms with Crippen molar-refractivity contribution in [3.8, 4) is 6.07 Å².